The van der Waals surface area contributed by atoms with Crippen LogP contribution in [0.1, 0.15) is 18.1 Å². The minimum Gasteiger partial charge on any atom is -0.492 e. The van der Waals surface area contributed by atoms with Gasteiger partial charge in [-0.25, -0.2) is 0 Å². The zero-order chi connectivity index (χ0) is 13.9. The lowest BCUT2D eigenvalue weighted by molar-refractivity contribution is 0.341. The average molecular weight is 288 g/mol. The number of benzene rings is 2. The molecule has 0 spiro atoms. The van der Waals surface area contributed by atoms with Crippen molar-refractivity contribution in [2.75, 3.05) is 11.9 Å². The van der Waals surface area contributed by atoms with Crippen LogP contribution in [0.5, 0.6) is 5.75 Å². The number of hydrogen-bond donors (Lipinski definition) is 1. The second kappa shape index (κ2) is 5.76. The van der Waals surface area contributed by atoms with E-state index in [0.717, 1.165) is 29.3 Å². The summed E-state index contributed by atoms with van der Waals surface area (Å²) in [5.74, 6) is 0.868. The van der Waals surface area contributed by atoms with Gasteiger partial charge >= 0.3 is 0 Å². The van der Waals surface area contributed by atoms with Crippen molar-refractivity contribution >= 4 is 17.3 Å². The molecule has 0 heterocycles. The standard InChI is InChI=1S/C17H18ClNO/c1-2-20-17-8-7-14(18)11-16(17)19-15-9-12-5-3-4-6-13(12)10-15/h3-8,11,15,19H,2,9-10H2,1H3. The highest BCUT2D eigenvalue weighted by molar-refractivity contribution is 6.30. The predicted molar refractivity (Wildman–Crippen MR) is 83.9 cm³/mol. The lowest BCUT2D eigenvalue weighted by Gasteiger charge is -2.17. The van der Waals surface area contributed by atoms with Crippen molar-refractivity contribution in [3.8, 4) is 5.75 Å². The van der Waals surface area contributed by atoms with Crippen LogP contribution in [0.4, 0.5) is 5.69 Å². The first-order chi connectivity index (χ1) is 9.76. The van der Waals surface area contributed by atoms with E-state index in [9.17, 15) is 0 Å². The summed E-state index contributed by atoms with van der Waals surface area (Å²) in [5, 5.41) is 4.30. The summed E-state index contributed by atoms with van der Waals surface area (Å²) in [6.45, 7) is 2.64. The van der Waals surface area contributed by atoms with E-state index < -0.39 is 0 Å². The Balaban J connectivity index is 1.78. The summed E-state index contributed by atoms with van der Waals surface area (Å²) < 4.78 is 5.66. The molecule has 0 saturated carbocycles. The average Bonchev–Trinajstić information content (AvgIpc) is 2.84. The van der Waals surface area contributed by atoms with E-state index in [0.29, 0.717) is 12.6 Å². The SMILES string of the molecule is CCOc1ccc(Cl)cc1NC1Cc2ccccc2C1. The number of halogens is 1. The molecule has 3 rings (SSSR count). The van der Waals surface area contributed by atoms with E-state index in [1.807, 2.05) is 25.1 Å². The Labute approximate surface area is 124 Å². The van der Waals surface area contributed by atoms with Crippen molar-refractivity contribution in [3.63, 3.8) is 0 Å². The van der Waals surface area contributed by atoms with Gasteiger partial charge in [-0.15, -0.1) is 0 Å². The zero-order valence-corrected chi connectivity index (χ0v) is 12.3. The van der Waals surface area contributed by atoms with Crippen molar-refractivity contribution in [1.82, 2.24) is 0 Å². The Morgan fingerprint density at radius 1 is 1.15 bits per heavy atom. The number of rotatable bonds is 4. The molecule has 2 aromatic carbocycles. The second-order valence-electron chi connectivity index (χ2n) is 5.09. The van der Waals surface area contributed by atoms with Gasteiger partial charge in [-0.1, -0.05) is 35.9 Å². The number of anilines is 1. The maximum absolute atomic E-state index is 6.10. The van der Waals surface area contributed by atoms with Gasteiger partial charge in [-0.3, -0.25) is 0 Å². The van der Waals surface area contributed by atoms with Crippen LogP contribution in [0, 0.1) is 0 Å². The largest absolute Gasteiger partial charge is 0.492 e. The topological polar surface area (TPSA) is 21.3 Å². The van der Waals surface area contributed by atoms with E-state index in [4.69, 9.17) is 16.3 Å². The molecule has 0 unspecified atom stereocenters. The number of nitrogens with one attached hydrogen (secondary N) is 1. The van der Waals surface area contributed by atoms with Crippen LogP contribution in [-0.4, -0.2) is 12.6 Å². The quantitative estimate of drug-likeness (QED) is 0.904. The third-order valence-corrected chi connectivity index (χ3v) is 3.89. The van der Waals surface area contributed by atoms with Gasteiger partial charge in [-0.2, -0.15) is 0 Å². The molecule has 0 saturated heterocycles. The van der Waals surface area contributed by atoms with E-state index >= 15 is 0 Å². The molecule has 0 bridgehead atoms. The molecule has 1 aliphatic carbocycles. The number of hydrogen-bond acceptors (Lipinski definition) is 2. The minimum absolute atomic E-state index is 0.407. The van der Waals surface area contributed by atoms with Gasteiger partial charge in [0.05, 0.1) is 12.3 Å². The van der Waals surface area contributed by atoms with Crippen molar-refractivity contribution < 1.29 is 4.74 Å². The Hall–Kier alpha value is -1.67. The molecule has 0 radical (unpaired) electrons. The maximum atomic E-state index is 6.10. The number of ether oxygens (including phenoxy) is 1. The zero-order valence-electron chi connectivity index (χ0n) is 11.5. The Morgan fingerprint density at radius 3 is 2.50 bits per heavy atom. The van der Waals surface area contributed by atoms with Crippen LogP contribution >= 0.6 is 11.6 Å². The molecule has 0 amide bonds. The van der Waals surface area contributed by atoms with Gasteiger partial charge < -0.3 is 10.1 Å². The Bertz CT molecular complexity index is 587. The molecule has 3 heteroatoms. The lowest BCUT2D eigenvalue weighted by atomic mass is 10.1. The molecule has 0 atom stereocenters. The van der Waals surface area contributed by atoms with Crippen LogP contribution in [0.15, 0.2) is 42.5 Å². The van der Waals surface area contributed by atoms with Crippen molar-refractivity contribution in [2.45, 2.75) is 25.8 Å². The van der Waals surface area contributed by atoms with E-state index in [1.165, 1.54) is 11.1 Å². The van der Waals surface area contributed by atoms with Gasteiger partial charge in [0.15, 0.2) is 0 Å². The van der Waals surface area contributed by atoms with E-state index in [2.05, 4.69) is 29.6 Å². The minimum atomic E-state index is 0.407. The molecule has 2 nitrogen and oxygen atoms in total. The molecule has 0 aromatic heterocycles. The molecule has 20 heavy (non-hydrogen) atoms. The third kappa shape index (κ3) is 2.75. The number of fused-ring (bicyclic) bond motifs is 1. The van der Waals surface area contributed by atoms with Gasteiger partial charge in [0, 0.05) is 11.1 Å². The van der Waals surface area contributed by atoms with Gasteiger partial charge in [0.2, 0.25) is 0 Å². The first-order valence-electron chi connectivity index (χ1n) is 7.02. The fraction of sp³-hybridized carbons (Fsp3) is 0.294. The molecule has 2 aromatic rings. The monoisotopic (exact) mass is 287 g/mol. The summed E-state index contributed by atoms with van der Waals surface area (Å²) in [7, 11) is 0. The van der Waals surface area contributed by atoms with Crippen LogP contribution in [-0.2, 0) is 12.8 Å². The van der Waals surface area contributed by atoms with Gasteiger partial charge in [-0.05, 0) is 49.1 Å². The lowest BCUT2D eigenvalue weighted by Crippen LogP contribution is -2.20. The van der Waals surface area contributed by atoms with Crippen molar-refractivity contribution in [1.29, 1.82) is 0 Å². The molecular formula is C17H18ClNO. The maximum Gasteiger partial charge on any atom is 0.142 e. The van der Waals surface area contributed by atoms with Gasteiger partial charge in [0.1, 0.15) is 5.75 Å². The summed E-state index contributed by atoms with van der Waals surface area (Å²) in [5.41, 5.74) is 3.85. The second-order valence-corrected chi connectivity index (χ2v) is 5.53. The van der Waals surface area contributed by atoms with Crippen molar-refractivity contribution in [3.05, 3.63) is 58.6 Å². The highest BCUT2D eigenvalue weighted by Gasteiger charge is 2.21. The van der Waals surface area contributed by atoms with Crippen LogP contribution in [0.25, 0.3) is 0 Å². The highest BCUT2D eigenvalue weighted by Crippen LogP contribution is 2.31. The normalized spacial score (nSPS) is 14.1. The molecule has 104 valence electrons. The summed E-state index contributed by atoms with van der Waals surface area (Å²) in [6.07, 6.45) is 2.10. The van der Waals surface area contributed by atoms with E-state index in [1.54, 1.807) is 0 Å². The third-order valence-electron chi connectivity index (χ3n) is 3.65. The summed E-state index contributed by atoms with van der Waals surface area (Å²) >= 11 is 6.10. The Morgan fingerprint density at radius 2 is 1.85 bits per heavy atom. The fourth-order valence-electron chi connectivity index (χ4n) is 2.78. The van der Waals surface area contributed by atoms with Crippen LogP contribution in [0.3, 0.4) is 0 Å². The summed E-state index contributed by atoms with van der Waals surface area (Å²) in [4.78, 5) is 0. The first kappa shape index (κ1) is 13.3. The van der Waals surface area contributed by atoms with Gasteiger partial charge in [0.25, 0.3) is 0 Å². The first-order valence-corrected chi connectivity index (χ1v) is 7.39. The smallest absolute Gasteiger partial charge is 0.142 e. The predicted octanol–water partition coefficient (Wildman–Crippen LogP) is 4.32. The van der Waals surface area contributed by atoms with Crippen LogP contribution < -0.4 is 10.1 Å². The van der Waals surface area contributed by atoms with Crippen molar-refractivity contribution in [2.24, 2.45) is 0 Å². The molecule has 1 aliphatic rings. The highest BCUT2D eigenvalue weighted by atomic mass is 35.5. The molecule has 1 N–H and O–H groups in total. The fourth-order valence-corrected chi connectivity index (χ4v) is 2.95. The van der Waals surface area contributed by atoms with Crippen LogP contribution in [0.2, 0.25) is 5.02 Å². The molecule has 0 fully saturated rings. The molecular weight excluding hydrogens is 270 g/mol. The Kier molecular flexibility index (Phi) is 3.83. The van der Waals surface area contributed by atoms with E-state index in [-0.39, 0.29) is 0 Å². The summed E-state index contributed by atoms with van der Waals surface area (Å²) in [6, 6.07) is 14.8. The molecule has 0 aliphatic heterocycles.